The number of aromatic nitrogens is 3. The van der Waals surface area contributed by atoms with Crippen LogP contribution < -0.4 is 0 Å². The predicted molar refractivity (Wildman–Crippen MR) is 60.7 cm³/mol. The zero-order valence-electron chi connectivity index (χ0n) is 9.14. The van der Waals surface area contributed by atoms with Crippen LogP contribution in [0.2, 0.25) is 0 Å². The minimum atomic E-state index is -0.599. The summed E-state index contributed by atoms with van der Waals surface area (Å²) in [4.78, 5) is 4.00. The Hall–Kier alpha value is -2.37. The summed E-state index contributed by atoms with van der Waals surface area (Å²) < 4.78 is 19.5. The van der Waals surface area contributed by atoms with Gasteiger partial charge in [-0.15, -0.1) is 0 Å². The predicted octanol–water partition coefficient (Wildman–Crippen LogP) is 2.01. The first kappa shape index (κ1) is 11.1. The molecule has 6 heteroatoms. The Morgan fingerprint density at radius 2 is 2.24 bits per heavy atom. The third kappa shape index (κ3) is 1.73. The van der Waals surface area contributed by atoms with Gasteiger partial charge in [0.15, 0.2) is 11.5 Å². The highest BCUT2D eigenvalue weighted by Crippen LogP contribution is 2.19. The molecule has 0 bridgehead atoms. The summed E-state index contributed by atoms with van der Waals surface area (Å²) in [5.74, 6) is -0.584. The molecule has 0 unspecified atom stereocenters. The quantitative estimate of drug-likeness (QED) is 0.827. The Balaban J connectivity index is 2.78. The molecule has 0 aromatic carbocycles. The number of nitrogens with zero attached hydrogens (tertiary/aromatic N) is 3. The van der Waals surface area contributed by atoms with Crippen molar-refractivity contribution in [1.82, 2.24) is 14.6 Å². The van der Waals surface area contributed by atoms with Crippen molar-refractivity contribution in [3.63, 3.8) is 0 Å². The fourth-order valence-electron chi connectivity index (χ4n) is 1.39. The lowest BCUT2D eigenvalue weighted by Crippen LogP contribution is -2.03. The van der Waals surface area contributed by atoms with Crippen molar-refractivity contribution in [3.8, 4) is 0 Å². The standard InChI is InChI=1S/C11H10FN3O2/c1-6(16)10-4-9(7(2)17-3)14-11-8(12)5-13-15(10)11/h4-5,16H,1-2H2,3H3. The van der Waals surface area contributed by atoms with E-state index in [1.807, 2.05) is 0 Å². The smallest absolute Gasteiger partial charge is 0.192 e. The number of methoxy groups -OCH3 is 1. The second kappa shape index (κ2) is 3.89. The third-order valence-electron chi connectivity index (χ3n) is 2.26. The fraction of sp³-hybridized carbons (Fsp3) is 0.0909. The lowest BCUT2D eigenvalue weighted by molar-refractivity contribution is 0.369. The monoisotopic (exact) mass is 235 g/mol. The SMILES string of the molecule is C=C(OC)c1cc(C(=C)O)n2ncc(F)c2n1. The van der Waals surface area contributed by atoms with Gasteiger partial charge < -0.3 is 9.84 Å². The molecule has 2 aromatic heterocycles. The van der Waals surface area contributed by atoms with Crippen LogP contribution in [0.4, 0.5) is 4.39 Å². The first-order chi connectivity index (χ1) is 8.04. The van der Waals surface area contributed by atoms with Crippen molar-refractivity contribution < 1.29 is 14.2 Å². The molecule has 0 aliphatic heterocycles. The van der Waals surface area contributed by atoms with Crippen molar-refractivity contribution >= 4 is 17.2 Å². The number of aliphatic hydroxyl groups excluding tert-OH is 1. The van der Waals surface area contributed by atoms with E-state index in [1.165, 1.54) is 13.2 Å². The molecule has 2 aromatic rings. The Kier molecular flexibility index (Phi) is 2.55. The summed E-state index contributed by atoms with van der Waals surface area (Å²) >= 11 is 0. The van der Waals surface area contributed by atoms with Gasteiger partial charge >= 0.3 is 0 Å². The maximum Gasteiger partial charge on any atom is 0.192 e. The van der Waals surface area contributed by atoms with E-state index >= 15 is 0 Å². The second-order valence-corrected chi connectivity index (χ2v) is 3.33. The molecular weight excluding hydrogens is 225 g/mol. The highest BCUT2D eigenvalue weighted by Gasteiger charge is 2.14. The highest BCUT2D eigenvalue weighted by molar-refractivity contribution is 5.64. The van der Waals surface area contributed by atoms with E-state index in [0.29, 0.717) is 5.69 Å². The maximum absolute atomic E-state index is 13.4. The first-order valence-corrected chi connectivity index (χ1v) is 4.70. The minimum absolute atomic E-state index is 0.0223. The molecule has 0 amide bonds. The van der Waals surface area contributed by atoms with Crippen molar-refractivity contribution in [1.29, 1.82) is 0 Å². The van der Waals surface area contributed by atoms with Crippen LogP contribution in [0.5, 0.6) is 0 Å². The van der Waals surface area contributed by atoms with Gasteiger partial charge in [0.25, 0.3) is 0 Å². The van der Waals surface area contributed by atoms with Gasteiger partial charge in [-0.25, -0.2) is 13.9 Å². The molecule has 0 aliphatic rings. The number of aliphatic hydroxyl groups is 1. The largest absolute Gasteiger partial charge is 0.506 e. The fourth-order valence-corrected chi connectivity index (χ4v) is 1.39. The Labute approximate surface area is 96.5 Å². The molecule has 0 saturated carbocycles. The van der Waals surface area contributed by atoms with Crippen LogP contribution in [0, 0.1) is 5.82 Å². The summed E-state index contributed by atoms with van der Waals surface area (Å²) in [6.45, 7) is 7.00. The molecule has 0 atom stereocenters. The average molecular weight is 235 g/mol. The van der Waals surface area contributed by atoms with Gasteiger partial charge in [-0.3, -0.25) is 0 Å². The summed E-state index contributed by atoms with van der Waals surface area (Å²) in [6, 6.07) is 1.47. The average Bonchev–Trinajstić information content (AvgIpc) is 2.69. The number of ether oxygens (including phenoxy) is 1. The van der Waals surface area contributed by atoms with Gasteiger partial charge in [0.2, 0.25) is 0 Å². The summed E-state index contributed by atoms with van der Waals surface area (Å²) in [5, 5.41) is 13.2. The molecule has 0 radical (unpaired) electrons. The Morgan fingerprint density at radius 1 is 1.53 bits per heavy atom. The molecule has 17 heavy (non-hydrogen) atoms. The van der Waals surface area contributed by atoms with Gasteiger partial charge in [-0.05, 0) is 6.07 Å². The first-order valence-electron chi connectivity index (χ1n) is 4.70. The highest BCUT2D eigenvalue weighted by atomic mass is 19.1. The van der Waals surface area contributed by atoms with Gasteiger partial charge in [0, 0.05) is 0 Å². The van der Waals surface area contributed by atoms with E-state index in [2.05, 4.69) is 23.2 Å². The van der Waals surface area contributed by atoms with Crippen LogP contribution in [0.3, 0.4) is 0 Å². The zero-order valence-corrected chi connectivity index (χ0v) is 9.14. The summed E-state index contributed by atoms with van der Waals surface area (Å²) in [6.07, 6.45) is 1.01. The van der Waals surface area contributed by atoms with Gasteiger partial charge in [-0.2, -0.15) is 5.10 Å². The zero-order chi connectivity index (χ0) is 12.6. The molecule has 0 spiro atoms. The number of halogens is 1. The van der Waals surface area contributed by atoms with Crippen molar-refractivity contribution in [2.75, 3.05) is 7.11 Å². The van der Waals surface area contributed by atoms with Crippen LogP contribution in [-0.2, 0) is 4.74 Å². The number of hydrogen-bond donors (Lipinski definition) is 1. The molecule has 88 valence electrons. The molecule has 0 saturated heterocycles. The topological polar surface area (TPSA) is 59.7 Å². The molecule has 2 heterocycles. The van der Waals surface area contributed by atoms with E-state index in [9.17, 15) is 9.50 Å². The van der Waals surface area contributed by atoms with Crippen molar-refractivity contribution in [2.24, 2.45) is 0 Å². The molecule has 5 nitrogen and oxygen atoms in total. The third-order valence-corrected chi connectivity index (χ3v) is 2.26. The minimum Gasteiger partial charge on any atom is -0.506 e. The molecular formula is C11H10FN3O2. The van der Waals surface area contributed by atoms with Gasteiger partial charge in [-0.1, -0.05) is 13.2 Å². The van der Waals surface area contributed by atoms with Crippen LogP contribution in [0.25, 0.3) is 17.2 Å². The van der Waals surface area contributed by atoms with Crippen molar-refractivity contribution in [3.05, 3.63) is 42.6 Å². The van der Waals surface area contributed by atoms with Crippen LogP contribution in [0.15, 0.2) is 25.4 Å². The lowest BCUT2D eigenvalue weighted by Gasteiger charge is -2.07. The molecule has 2 rings (SSSR count). The Bertz CT molecular complexity index is 618. The van der Waals surface area contributed by atoms with E-state index in [0.717, 1.165) is 10.7 Å². The van der Waals surface area contributed by atoms with E-state index in [-0.39, 0.29) is 22.9 Å². The number of fused-ring (bicyclic) bond motifs is 1. The molecule has 0 fully saturated rings. The number of rotatable bonds is 3. The van der Waals surface area contributed by atoms with E-state index < -0.39 is 5.82 Å². The van der Waals surface area contributed by atoms with E-state index in [1.54, 1.807) is 0 Å². The van der Waals surface area contributed by atoms with Gasteiger partial charge in [0.1, 0.15) is 22.9 Å². The van der Waals surface area contributed by atoms with Crippen LogP contribution in [-0.4, -0.2) is 26.8 Å². The second-order valence-electron chi connectivity index (χ2n) is 3.33. The van der Waals surface area contributed by atoms with Crippen LogP contribution in [0.1, 0.15) is 11.4 Å². The van der Waals surface area contributed by atoms with Gasteiger partial charge in [0.05, 0.1) is 13.3 Å². The number of hydrogen-bond acceptors (Lipinski definition) is 4. The molecule has 1 N–H and O–H groups in total. The summed E-state index contributed by atoms with van der Waals surface area (Å²) in [5.41, 5.74) is 0.516. The summed E-state index contributed by atoms with van der Waals surface area (Å²) in [7, 11) is 1.42. The Morgan fingerprint density at radius 3 is 2.82 bits per heavy atom. The lowest BCUT2D eigenvalue weighted by atomic mass is 10.2. The normalized spacial score (nSPS) is 10.5. The van der Waals surface area contributed by atoms with Crippen molar-refractivity contribution in [2.45, 2.75) is 0 Å². The maximum atomic E-state index is 13.4. The molecule has 0 aliphatic carbocycles. The van der Waals surface area contributed by atoms with Crippen LogP contribution >= 0.6 is 0 Å². The van der Waals surface area contributed by atoms with E-state index in [4.69, 9.17) is 4.74 Å².